The van der Waals surface area contributed by atoms with Gasteiger partial charge in [0.1, 0.15) is 11.7 Å². The summed E-state index contributed by atoms with van der Waals surface area (Å²) in [5.41, 5.74) is 8.74. The molecule has 2 N–H and O–H groups in total. The summed E-state index contributed by atoms with van der Waals surface area (Å²) in [6, 6.07) is 10.9. The molecule has 0 radical (unpaired) electrons. The number of ether oxygens (including phenoxy) is 5. The average Bonchev–Trinajstić information content (AvgIpc) is 3.01. The minimum Gasteiger partial charge on any atom is -0.493 e. The van der Waals surface area contributed by atoms with Crippen molar-refractivity contribution in [2.45, 2.75) is 19.8 Å². The molecule has 0 fully saturated rings. The van der Waals surface area contributed by atoms with E-state index in [0.717, 1.165) is 10.0 Å². The summed E-state index contributed by atoms with van der Waals surface area (Å²) in [4.78, 5) is 41.9. The molecule has 2 heterocycles. The molecule has 0 saturated carbocycles. The van der Waals surface area contributed by atoms with Crippen LogP contribution in [0.5, 0.6) is 11.5 Å². The first-order valence-corrected chi connectivity index (χ1v) is 14.7. The minimum atomic E-state index is -0.818. The lowest BCUT2D eigenvalue weighted by Crippen LogP contribution is -2.37. The second kappa shape index (κ2) is 14.5. The van der Waals surface area contributed by atoms with E-state index in [2.05, 4.69) is 30.9 Å². The lowest BCUT2D eigenvalue weighted by molar-refractivity contribution is -0.144. The summed E-state index contributed by atoms with van der Waals surface area (Å²) in [6.07, 6.45) is 0. The van der Waals surface area contributed by atoms with Crippen molar-refractivity contribution in [2.24, 2.45) is 10.9 Å². The zero-order valence-corrected chi connectivity index (χ0v) is 27.1. The van der Waals surface area contributed by atoms with E-state index in [9.17, 15) is 9.59 Å². The quantitative estimate of drug-likeness (QED) is 0.217. The molecule has 2 unspecified atom stereocenters. The van der Waals surface area contributed by atoms with Gasteiger partial charge in [-0.1, -0.05) is 34.1 Å². The molecule has 2 atom stereocenters. The van der Waals surface area contributed by atoms with Gasteiger partial charge < -0.3 is 34.3 Å². The van der Waals surface area contributed by atoms with Crippen LogP contribution in [0.1, 0.15) is 25.3 Å². The predicted octanol–water partition coefficient (Wildman–Crippen LogP) is 4.31. The fourth-order valence-electron chi connectivity index (χ4n) is 5.10. The van der Waals surface area contributed by atoms with Crippen molar-refractivity contribution in [3.8, 4) is 11.5 Å². The third-order valence-electron chi connectivity index (χ3n) is 7.28. The number of aliphatic imine (C=N–C) groups is 1. The van der Waals surface area contributed by atoms with Gasteiger partial charge in [0.05, 0.1) is 57.9 Å². The van der Waals surface area contributed by atoms with E-state index < -0.39 is 23.8 Å². The zero-order chi connectivity index (χ0) is 32.0. The van der Waals surface area contributed by atoms with Gasteiger partial charge in [-0.05, 0) is 31.5 Å². The monoisotopic (exact) mass is 669 g/mol. The highest BCUT2D eigenvalue weighted by molar-refractivity contribution is 9.10. The Morgan fingerprint density at radius 1 is 1.07 bits per heavy atom. The molecule has 0 saturated heterocycles. The number of halogens is 1. The fourth-order valence-corrected chi connectivity index (χ4v) is 5.63. The molecule has 0 bridgehead atoms. The highest BCUT2D eigenvalue weighted by Gasteiger charge is 2.43. The van der Waals surface area contributed by atoms with Crippen LogP contribution >= 0.6 is 15.9 Å². The molecule has 0 spiro atoms. The number of carbonyl (C=O) groups excluding carboxylic acids is 2. The van der Waals surface area contributed by atoms with E-state index in [4.69, 9.17) is 29.4 Å². The largest absolute Gasteiger partial charge is 0.493 e. The first-order valence-electron chi connectivity index (χ1n) is 13.9. The Bertz CT molecular complexity index is 1610. The minimum absolute atomic E-state index is 0.00584. The number of fused-ring (bicyclic) bond motifs is 1. The Balaban J connectivity index is 1.58. The van der Waals surface area contributed by atoms with E-state index in [1.165, 1.54) is 7.11 Å². The van der Waals surface area contributed by atoms with E-state index in [1.54, 1.807) is 45.1 Å². The van der Waals surface area contributed by atoms with E-state index in [-0.39, 0.29) is 25.4 Å². The van der Waals surface area contributed by atoms with Crippen LogP contribution < -0.4 is 20.1 Å². The van der Waals surface area contributed by atoms with Crippen LogP contribution in [0.3, 0.4) is 0 Å². The molecular weight excluding hydrogens is 634 g/mol. The topological polar surface area (TPSA) is 148 Å². The normalized spacial score (nSPS) is 16.4. The highest BCUT2D eigenvalue weighted by atomic mass is 79.9. The van der Waals surface area contributed by atoms with Crippen molar-refractivity contribution in [3.63, 3.8) is 0 Å². The Labute approximate surface area is 264 Å². The van der Waals surface area contributed by atoms with Gasteiger partial charge in [0.25, 0.3) is 0 Å². The number of benzene rings is 2. The van der Waals surface area contributed by atoms with Gasteiger partial charge in [0.15, 0.2) is 11.5 Å². The molecule has 4 rings (SSSR count). The Morgan fingerprint density at radius 2 is 1.77 bits per heavy atom. The van der Waals surface area contributed by atoms with Gasteiger partial charge >= 0.3 is 11.9 Å². The third-order valence-corrected chi connectivity index (χ3v) is 8.00. The van der Waals surface area contributed by atoms with Gasteiger partial charge in [-0.3, -0.25) is 9.79 Å². The van der Waals surface area contributed by atoms with Crippen LogP contribution in [0.2, 0.25) is 0 Å². The van der Waals surface area contributed by atoms with E-state index in [0.29, 0.717) is 52.1 Å². The highest BCUT2D eigenvalue weighted by Crippen LogP contribution is 2.42. The van der Waals surface area contributed by atoms with Crippen molar-refractivity contribution in [3.05, 3.63) is 57.7 Å². The summed E-state index contributed by atoms with van der Waals surface area (Å²) < 4.78 is 28.1. The second-order valence-electron chi connectivity index (χ2n) is 9.94. The third kappa shape index (κ3) is 6.78. The Hall–Kier alpha value is -4.23. The number of aromatic nitrogens is 2. The molecule has 13 heteroatoms. The smallest absolute Gasteiger partial charge is 0.336 e. The Kier molecular flexibility index (Phi) is 10.8. The number of nitrogens with two attached hydrogens (primary N) is 1. The van der Waals surface area contributed by atoms with E-state index >= 15 is 0 Å². The van der Waals surface area contributed by atoms with Crippen molar-refractivity contribution in [1.29, 1.82) is 0 Å². The molecule has 1 aliphatic heterocycles. The molecule has 1 aromatic heterocycles. The number of nitrogen functional groups attached to an aromatic ring is 1. The van der Waals surface area contributed by atoms with Crippen LogP contribution in [0, 0.1) is 5.92 Å². The van der Waals surface area contributed by atoms with Crippen LogP contribution in [0.15, 0.2) is 57.1 Å². The average molecular weight is 671 g/mol. The van der Waals surface area contributed by atoms with Crippen molar-refractivity contribution in [1.82, 2.24) is 9.97 Å². The maximum absolute atomic E-state index is 13.4. The maximum Gasteiger partial charge on any atom is 0.336 e. The maximum atomic E-state index is 13.4. The number of esters is 2. The molecule has 12 nitrogen and oxygen atoms in total. The molecule has 0 amide bonds. The lowest BCUT2D eigenvalue weighted by atomic mass is 9.75. The first kappa shape index (κ1) is 32.7. The van der Waals surface area contributed by atoms with Gasteiger partial charge in [-0.15, -0.1) is 0 Å². The molecular formula is C31H36BrN5O7. The number of anilines is 2. The van der Waals surface area contributed by atoms with Gasteiger partial charge in [0.2, 0.25) is 5.95 Å². The standard InChI is InChI=1S/C31H36BrN5O7/c1-7-44-30(39)27-22(34-17(2)25(29(38)42-6)26(27)18-10-8-9-11-20(18)32)16-43-13-12-37(3)31-35-21-15-24(41-5)23(40-4)14-19(21)28(33)36-31/h8-11,14-15,25-26H,7,12-13,16H2,1-6H3,(H2,33,35,36). The lowest BCUT2D eigenvalue weighted by Gasteiger charge is -2.32. The summed E-state index contributed by atoms with van der Waals surface area (Å²) in [5.74, 6) is -0.821. The van der Waals surface area contributed by atoms with Crippen molar-refractivity contribution >= 4 is 56.2 Å². The zero-order valence-electron chi connectivity index (χ0n) is 25.5. The predicted molar refractivity (Wildman–Crippen MR) is 170 cm³/mol. The number of nitrogens with zero attached hydrogens (tertiary/aromatic N) is 4. The summed E-state index contributed by atoms with van der Waals surface area (Å²) in [6.45, 7) is 4.28. The van der Waals surface area contributed by atoms with Gasteiger partial charge in [0, 0.05) is 41.1 Å². The van der Waals surface area contributed by atoms with Crippen molar-refractivity contribution < 1.29 is 33.3 Å². The van der Waals surface area contributed by atoms with Crippen LogP contribution in [-0.4, -0.2) is 82.4 Å². The first-order chi connectivity index (χ1) is 21.1. The molecule has 1 aliphatic rings. The van der Waals surface area contributed by atoms with Crippen LogP contribution in [0.25, 0.3) is 10.9 Å². The number of likely N-dealkylation sites (N-methyl/N-ethyl adjacent to an activating group) is 1. The molecule has 0 aliphatic carbocycles. The molecule has 234 valence electrons. The summed E-state index contributed by atoms with van der Waals surface area (Å²) >= 11 is 3.59. The SMILES string of the molecule is CCOC(=O)C1=C(COCCN(C)c2nc(N)c3cc(OC)c(OC)cc3n2)N=C(C)C(C(=O)OC)C1c1ccccc1Br. The van der Waals surface area contributed by atoms with E-state index in [1.807, 2.05) is 31.3 Å². The van der Waals surface area contributed by atoms with Crippen LogP contribution in [-0.2, 0) is 23.8 Å². The Morgan fingerprint density at radius 3 is 2.43 bits per heavy atom. The molecule has 2 aromatic carbocycles. The summed E-state index contributed by atoms with van der Waals surface area (Å²) in [5, 5.41) is 0.643. The van der Waals surface area contributed by atoms with Gasteiger partial charge in [-0.2, -0.15) is 4.98 Å². The number of carbonyl (C=O) groups is 2. The van der Waals surface area contributed by atoms with Crippen LogP contribution in [0.4, 0.5) is 11.8 Å². The van der Waals surface area contributed by atoms with Crippen molar-refractivity contribution in [2.75, 3.05) is 65.4 Å². The second-order valence-corrected chi connectivity index (χ2v) is 10.8. The summed E-state index contributed by atoms with van der Waals surface area (Å²) in [7, 11) is 6.24. The fraction of sp³-hybridized carbons (Fsp3) is 0.387. The number of hydrogen-bond donors (Lipinski definition) is 1. The number of hydrogen-bond acceptors (Lipinski definition) is 12. The number of methoxy groups -OCH3 is 3. The van der Waals surface area contributed by atoms with Gasteiger partial charge in [-0.25, -0.2) is 9.78 Å². The molecule has 44 heavy (non-hydrogen) atoms. The number of rotatable bonds is 12. The molecule has 3 aromatic rings.